The summed E-state index contributed by atoms with van der Waals surface area (Å²) in [7, 11) is 1.35. The Balaban J connectivity index is 4.25. The molecule has 8 nitrogen and oxygen atoms in total. The zero-order valence-electron chi connectivity index (χ0n) is 35.2. The van der Waals surface area contributed by atoms with Gasteiger partial charge in [-0.1, -0.05) is 159 Å². The summed E-state index contributed by atoms with van der Waals surface area (Å²) in [6.45, 7) is 5.37. The molecule has 0 aromatic heterocycles. The van der Waals surface area contributed by atoms with Gasteiger partial charge in [0.05, 0.1) is 34.4 Å². The molecule has 0 saturated heterocycles. The Kier molecular flexibility index (Phi) is 36.7. The molecule has 0 radical (unpaired) electrons. The summed E-state index contributed by atoms with van der Waals surface area (Å²) in [6, 6.07) is 0. The molecule has 312 valence electrons. The molecule has 0 bridgehead atoms. The summed E-state index contributed by atoms with van der Waals surface area (Å²) in [5, 5.41) is 0. The number of allylic oxidation sites excluding steroid dienone is 6. The van der Waals surface area contributed by atoms with Gasteiger partial charge in [0.1, 0.15) is 19.3 Å². The summed E-state index contributed by atoms with van der Waals surface area (Å²) in [5.41, 5.74) is 0. The van der Waals surface area contributed by atoms with Gasteiger partial charge in [-0.3, -0.25) is 9.36 Å². The van der Waals surface area contributed by atoms with Gasteiger partial charge in [-0.25, -0.2) is 0 Å². The van der Waals surface area contributed by atoms with Gasteiger partial charge < -0.3 is 27.9 Å². The number of unbranched alkanes of at least 4 members (excludes halogenated alkanes) is 20. The third-order valence-corrected chi connectivity index (χ3v) is 10.2. The maximum Gasteiger partial charge on any atom is 0.306 e. The molecule has 0 aliphatic heterocycles. The molecule has 0 aromatic carbocycles. The second kappa shape index (κ2) is 37.6. The second-order valence-electron chi connectivity index (χ2n) is 15.7. The summed E-state index contributed by atoms with van der Waals surface area (Å²) >= 11 is 0. The molecule has 2 atom stereocenters. The van der Waals surface area contributed by atoms with E-state index in [9.17, 15) is 14.3 Å². The van der Waals surface area contributed by atoms with E-state index >= 15 is 0 Å². The van der Waals surface area contributed by atoms with Crippen LogP contribution in [-0.4, -0.2) is 70.7 Å². The molecule has 0 spiro atoms. The number of rotatable bonds is 40. The van der Waals surface area contributed by atoms with Gasteiger partial charge in [0.25, 0.3) is 7.82 Å². The summed E-state index contributed by atoms with van der Waals surface area (Å²) in [6.07, 6.45) is 42.9. The Morgan fingerprint density at radius 3 is 1.58 bits per heavy atom. The Labute approximate surface area is 327 Å². The van der Waals surface area contributed by atoms with E-state index in [1.54, 1.807) is 0 Å². The van der Waals surface area contributed by atoms with Crippen molar-refractivity contribution in [2.24, 2.45) is 0 Å². The Hall–Kier alpha value is -1.28. The maximum absolute atomic E-state index is 12.7. The average molecular weight is 770 g/mol. The number of ether oxygens (including phenoxy) is 2. The molecule has 0 fully saturated rings. The first-order valence-corrected chi connectivity index (χ1v) is 23.2. The summed E-state index contributed by atoms with van der Waals surface area (Å²) < 4.78 is 34.5. The molecular weight excluding hydrogens is 685 g/mol. The van der Waals surface area contributed by atoms with Crippen molar-refractivity contribution >= 4 is 13.8 Å². The molecule has 0 aromatic rings. The standard InChI is InChI=1S/C44H84NO7P/c1-6-8-10-12-14-16-18-20-21-22-23-24-25-26-27-29-31-33-35-37-44(46)52-43(42-51-53(47,48)50-40-38-45(3,4)5)41-49-39-36-34-32-30-28-19-17-15-13-11-9-7-2/h14,16,20-21,23-24,43H,6-13,15,17-19,22,25-42H2,1-5H3/b16-14-,21-20-,24-23-. The van der Waals surface area contributed by atoms with Crippen molar-refractivity contribution in [2.75, 3.05) is 54.1 Å². The highest BCUT2D eigenvalue weighted by molar-refractivity contribution is 7.45. The van der Waals surface area contributed by atoms with Crippen molar-refractivity contribution in [1.82, 2.24) is 0 Å². The molecular formula is C44H84NO7P. The Morgan fingerprint density at radius 2 is 1.04 bits per heavy atom. The van der Waals surface area contributed by atoms with Gasteiger partial charge in [-0.2, -0.15) is 0 Å². The van der Waals surface area contributed by atoms with Crippen LogP contribution in [0.4, 0.5) is 0 Å². The van der Waals surface area contributed by atoms with Crippen molar-refractivity contribution in [3.05, 3.63) is 36.5 Å². The SMILES string of the molecule is CCCCC/C=C\C/C=C\C/C=C\CCCCCCCCC(=O)OC(COCCCCCCCCCCCCCC)COP(=O)([O-])OCC[N+](C)(C)C. The van der Waals surface area contributed by atoms with E-state index in [0.29, 0.717) is 24.1 Å². The molecule has 0 N–H and O–H groups in total. The van der Waals surface area contributed by atoms with Crippen LogP contribution in [0.2, 0.25) is 0 Å². The quantitative estimate of drug-likeness (QED) is 0.0201. The highest BCUT2D eigenvalue weighted by Crippen LogP contribution is 2.38. The predicted molar refractivity (Wildman–Crippen MR) is 222 cm³/mol. The topological polar surface area (TPSA) is 94.1 Å². The maximum atomic E-state index is 12.7. The number of esters is 1. The molecule has 0 aliphatic carbocycles. The van der Waals surface area contributed by atoms with Gasteiger partial charge in [0, 0.05) is 13.0 Å². The summed E-state index contributed by atoms with van der Waals surface area (Å²) in [5.74, 6) is -0.346. The van der Waals surface area contributed by atoms with Gasteiger partial charge in [0.2, 0.25) is 0 Å². The van der Waals surface area contributed by atoms with Gasteiger partial charge in [0.15, 0.2) is 0 Å². The Morgan fingerprint density at radius 1 is 0.585 bits per heavy atom. The van der Waals surface area contributed by atoms with E-state index in [1.807, 2.05) is 21.1 Å². The molecule has 0 aliphatic rings. The third-order valence-electron chi connectivity index (χ3n) is 9.19. The zero-order chi connectivity index (χ0) is 39.1. The number of phosphoric acid groups is 1. The van der Waals surface area contributed by atoms with Gasteiger partial charge in [-0.15, -0.1) is 0 Å². The number of carbonyl (C=O) groups excluding carboxylic acids is 1. The van der Waals surface area contributed by atoms with Crippen LogP contribution in [0.15, 0.2) is 36.5 Å². The third kappa shape index (κ3) is 41.7. The number of nitrogens with zero attached hydrogens (tertiary/aromatic N) is 1. The van der Waals surface area contributed by atoms with E-state index in [0.717, 1.165) is 57.8 Å². The Bertz CT molecular complexity index is 947. The van der Waals surface area contributed by atoms with Crippen LogP contribution in [0.5, 0.6) is 0 Å². The fourth-order valence-electron chi connectivity index (χ4n) is 5.79. The minimum atomic E-state index is -4.52. The lowest BCUT2D eigenvalue weighted by molar-refractivity contribution is -0.870. The summed E-state index contributed by atoms with van der Waals surface area (Å²) in [4.78, 5) is 25.0. The molecule has 0 heterocycles. The highest BCUT2D eigenvalue weighted by atomic mass is 31.2. The molecule has 0 rings (SSSR count). The number of phosphoric ester groups is 1. The first kappa shape index (κ1) is 51.7. The molecule has 0 amide bonds. The van der Waals surface area contributed by atoms with Gasteiger partial charge >= 0.3 is 5.97 Å². The van der Waals surface area contributed by atoms with Crippen molar-refractivity contribution in [2.45, 2.75) is 187 Å². The molecule has 53 heavy (non-hydrogen) atoms. The number of hydrogen-bond acceptors (Lipinski definition) is 7. The fourth-order valence-corrected chi connectivity index (χ4v) is 6.52. The fraction of sp³-hybridized carbons (Fsp3) is 0.841. The van der Waals surface area contributed by atoms with Crippen LogP contribution < -0.4 is 4.89 Å². The zero-order valence-corrected chi connectivity index (χ0v) is 36.1. The first-order chi connectivity index (χ1) is 25.6. The minimum Gasteiger partial charge on any atom is -0.756 e. The monoisotopic (exact) mass is 770 g/mol. The van der Waals surface area contributed by atoms with E-state index in [2.05, 4.69) is 50.3 Å². The van der Waals surface area contributed by atoms with Crippen LogP contribution in [0.1, 0.15) is 181 Å². The van der Waals surface area contributed by atoms with Crippen LogP contribution in [-0.2, 0) is 27.9 Å². The molecule has 0 saturated carbocycles. The lowest BCUT2D eigenvalue weighted by atomic mass is 10.1. The van der Waals surface area contributed by atoms with Gasteiger partial charge in [-0.05, 0) is 51.4 Å². The predicted octanol–water partition coefficient (Wildman–Crippen LogP) is 12.0. The van der Waals surface area contributed by atoms with Crippen molar-refractivity contribution < 1.29 is 37.3 Å². The van der Waals surface area contributed by atoms with Crippen LogP contribution >= 0.6 is 7.82 Å². The largest absolute Gasteiger partial charge is 0.756 e. The number of quaternary nitrogens is 1. The minimum absolute atomic E-state index is 0.0239. The van der Waals surface area contributed by atoms with Crippen molar-refractivity contribution in [3.63, 3.8) is 0 Å². The lowest BCUT2D eigenvalue weighted by Crippen LogP contribution is -2.37. The van der Waals surface area contributed by atoms with Crippen LogP contribution in [0.3, 0.4) is 0 Å². The normalized spacial score (nSPS) is 14.2. The van der Waals surface area contributed by atoms with Crippen molar-refractivity contribution in [1.29, 1.82) is 0 Å². The number of hydrogen-bond donors (Lipinski definition) is 0. The van der Waals surface area contributed by atoms with E-state index in [1.165, 1.54) is 103 Å². The molecule has 2 unspecified atom stereocenters. The van der Waals surface area contributed by atoms with Crippen molar-refractivity contribution in [3.8, 4) is 0 Å². The first-order valence-electron chi connectivity index (χ1n) is 21.7. The smallest absolute Gasteiger partial charge is 0.306 e. The molecule has 9 heteroatoms. The highest BCUT2D eigenvalue weighted by Gasteiger charge is 2.20. The van der Waals surface area contributed by atoms with E-state index in [4.69, 9.17) is 18.5 Å². The second-order valence-corrected chi connectivity index (χ2v) is 17.1. The van der Waals surface area contributed by atoms with E-state index < -0.39 is 13.9 Å². The number of likely N-dealkylation sites (N-methyl/N-ethyl adjacent to an activating group) is 1. The average Bonchev–Trinajstić information content (AvgIpc) is 3.11. The van der Waals surface area contributed by atoms with Crippen LogP contribution in [0, 0.1) is 0 Å². The lowest BCUT2D eigenvalue weighted by Gasteiger charge is -2.28. The van der Waals surface area contributed by atoms with Crippen LogP contribution in [0.25, 0.3) is 0 Å². The van der Waals surface area contributed by atoms with E-state index in [-0.39, 0.29) is 25.8 Å². The number of carbonyl (C=O) groups is 1.